The molecule has 4 nitrogen and oxygen atoms in total. The van der Waals surface area contributed by atoms with Gasteiger partial charge in [0.15, 0.2) is 0 Å². The first kappa shape index (κ1) is 18.0. The Kier molecular flexibility index (Phi) is 4.57. The Bertz CT molecular complexity index is 1190. The molecule has 0 saturated carbocycles. The number of carbonyl (C=O) groups is 1. The minimum absolute atomic E-state index is 0.0394. The molecule has 0 spiro atoms. The molecule has 29 heavy (non-hydrogen) atoms. The summed E-state index contributed by atoms with van der Waals surface area (Å²) in [7, 11) is 0. The van der Waals surface area contributed by atoms with Crippen LogP contribution in [0.25, 0.3) is 11.0 Å². The van der Waals surface area contributed by atoms with Gasteiger partial charge >= 0.3 is 0 Å². The number of hydrogen-bond donors (Lipinski definition) is 0. The molecule has 0 aliphatic carbocycles. The van der Waals surface area contributed by atoms with E-state index in [0.717, 1.165) is 33.1 Å². The van der Waals surface area contributed by atoms with Crippen LogP contribution >= 0.6 is 11.6 Å². The summed E-state index contributed by atoms with van der Waals surface area (Å²) < 4.78 is 2.21. The van der Waals surface area contributed by atoms with Gasteiger partial charge < -0.3 is 9.47 Å². The van der Waals surface area contributed by atoms with Crippen LogP contribution in [0.4, 0.5) is 5.69 Å². The molecule has 144 valence electrons. The molecule has 0 radical (unpaired) electrons. The van der Waals surface area contributed by atoms with Gasteiger partial charge in [-0.3, -0.25) is 4.79 Å². The number of benzene rings is 3. The molecule has 0 bridgehead atoms. The highest BCUT2D eigenvalue weighted by Crippen LogP contribution is 2.34. The number of amides is 1. The number of anilines is 1. The lowest BCUT2D eigenvalue weighted by Gasteiger charge is -2.17. The van der Waals surface area contributed by atoms with Crippen LogP contribution in [0.1, 0.15) is 23.7 Å². The molecule has 1 atom stereocenters. The van der Waals surface area contributed by atoms with Crippen molar-refractivity contribution in [1.29, 1.82) is 0 Å². The predicted molar refractivity (Wildman–Crippen MR) is 116 cm³/mol. The van der Waals surface area contributed by atoms with E-state index in [1.807, 2.05) is 77.7 Å². The van der Waals surface area contributed by atoms with Crippen LogP contribution in [0.15, 0.2) is 78.9 Å². The van der Waals surface area contributed by atoms with Gasteiger partial charge in [0.2, 0.25) is 5.91 Å². The molecule has 4 aromatic rings. The van der Waals surface area contributed by atoms with Crippen LogP contribution < -0.4 is 4.90 Å². The highest BCUT2D eigenvalue weighted by molar-refractivity contribution is 6.31. The van der Waals surface area contributed by atoms with E-state index in [1.54, 1.807) is 0 Å². The zero-order valence-corrected chi connectivity index (χ0v) is 16.6. The number of halogens is 1. The van der Waals surface area contributed by atoms with Crippen LogP contribution in [0.2, 0.25) is 5.02 Å². The van der Waals surface area contributed by atoms with Crippen molar-refractivity contribution < 1.29 is 4.79 Å². The lowest BCUT2D eigenvalue weighted by molar-refractivity contribution is -0.117. The van der Waals surface area contributed by atoms with Crippen LogP contribution in [0, 0.1) is 0 Å². The molecule has 0 unspecified atom stereocenters. The number of carbonyl (C=O) groups excluding carboxylic acids is 1. The van der Waals surface area contributed by atoms with E-state index in [0.29, 0.717) is 19.5 Å². The van der Waals surface area contributed by atoms with E-state index in [1.165, 1.54) is 0 Å². The summed E-state index contributed by atoms with van der Waals surface area (Å²) >= 11 is 6.43. The minimum Gasteiger partial charge on any atom is -0.323 e. The Labute approximate surface area is 174 Å². The molecule has 0 N–H and O–H groups in total. The van der Waals surface area contributed by atoms with E-state index in [4.69, 9.17) is 16.6 Å². The monoisotopic (exact) mass is 401 g/mol. The molecule has 1 aromatic heterocycles. The van der Waals surface area contributed by atoms with Crippen molar-refractivity contribution in [3.05, 3.63) is 95.3 Å². The highest BCUT2D eigenvalue weighted by atomic mass is 35.5. The zero-order chi connectivity index (χ0) is 19.8. The van der Waals surface area contributed by atoms with E-state index >= 15 is 0 Å². The van der Waals surface area contributed by atoms with Crippen molar-refractivity contribution in [3.63, 3.8) is 0 Å². The third-order valence-corrected chi connectivity index (χ3v) is 5.90. The topological polar surface area (TPSA) is 38.1 Å². The smallest absolute Gasteiger partial charge is 0.227 e. The quantitative estimate of drug-likeness (QED) is 0.468. The Morgan fingerprint density at radius 2 is 1.66 bits per heavy atom. The van der Waals surface area contributed by atoms with Gasteiger partial charge in [0.1, 0.15) is 5.82 Å². The highest BCUT2D eigenvalue weighted by Gasteiger charge is 2.34. The van der Waals surface area contributed by atoms with Gasteiger partial charge in [-0.15, -0.1) is 0 Å². The van der Waals surface area contributed by atoms with Gasteiger partial charge in [-0.2, -0.15) is 0 Å². The van der Waals surface area contributed by atoms with Crippen molar-refractivity contribution in [2.75, 3.05) is 11.4 Å². The molecule has 5 rings (SSSR count). The summed E-state index contributed by atoms with van der Waals surface area (Å²) in [5.41, 5.74) is 3.99. The fraction of sp³-hybridized carbons (Fsp3) is 0.167. The normalized spacial score (nSPS) is 16.7. The van der Waals surface area contributed by atoms with Gasteiger partial charge in [-0.25, -0.2) is 4.98 Å². The first-order valence-electron chi connectivity index (χ1n) is 9.74. The van der Waals surface area contributed by atoms with Crippen molar-refractivity contribution >= 4 is 34.2 Å². The Morgan fingerprint density at radius 1 is 0.931 bits per heavy atom. The molecular weight excluding hydrogens is 382 g/mol. The van der Waals surface area contributed by atoms with Crippen LogP contribution in [-0.2, 0) is 11.3 Å². The number of hydrogen-bond acceptors (Lipinski definition) is 2. The average molecular weight is 402 g/mol. The van der Waals surface area contributed by atoms with E-state index in [2.05, 4.69) is 10.6 Å². The summed E-state index contributed by atoms with van der Waals surface area (Å²) in [5, 5.41) is 0.740. The second kappa shape index (κ2) is 7.37. The number of para-hydroxylation sites is 3. The van der Waals surface area contributed by atoms with Crippen LogP contribution in [0.5, 0.6) is 0 Å². The summed E-state index contributed by atoms with van der Waals surface area (Å²) in [4.78, 5) is 19.6. The predicted octanol–water partition coefficient (Wildman–Crippen LogP) is 5.26. The van der Waals surface area contributed by atoms with Gasteiger partial charge in [0.05, 0.1) is 17.6 Å². The summed E-state index contributed by atoms with van der Waals surface area (Å²) in [6.07, 6.45) is 0.459. The number of imidazole rings is 1. The van der Waals surface area contributed by atoms with Crippen molar-refractivity contribution in [3.8, 4) is 0 Å². The maximum absolute atomic E-state index is 12.8. The second-order valence-corrected chi connectivity index (χ2v) is 7.78. The van der Waals surface area contributed by atoms with E-state index in [-0.39, 0.29) is 11.8 Å². The molecule has 5 heteroatoms. The SMILES string of the molecule is O=C1C[C@@H](c2nc3ccccc3n2Cc2ccccc2Cl)CN1c1ccccc1. The molecule has 1 saturated heterocycles. The number of nitrogens with zero attached hydrogens (tertiary/aromatic N) is 3. The molecule has 1 fully saturated rings. The lowest BCUT2D eigenvalue weighted by atomic mass is 10.1. The number of rotatable bonds is 4. The molecular formula is C24H20ClN3O. The third kappa shape index (κ3) is 3.30. The molecule has 1 aliphatic rings. The largest absolute Gasteiger partial charge is 0.323 e. The van der Waals surface area contributed by atoms with Crippen molar-refractivity contribution in [1.82, 2.24) is 9.55 Å². The zero-order valence-electron chi connectivity index (χ0n) is 15.8. The van der Waals surface area contributed by atoms with Gasteiger partial charge in [0, 0.05) is 29.6 Å². The summed E-state index contributed by atoms with van der Waals surface area (Å²) in [6, 6.07) is 25.8. The fourth-order valence-electron chi connectivity index (χ4n) is 4.11. The molecule has 1 aliphatic heterocycles. The van der Waals surface area contributed by atoms with Gasteiger partial charge in [0.25, 0.3) is 0 Å². The molecule has 3 aromatic carbocycles. The van der Waals surface area contributed by atoms with Gasteiger partial charge in [-0.1, -0.05) is 60.1 Å². The van der Waals surface area contributed by atoms with E-state index in [9.17, 15) is 4.79 Å². The van der Waals surface area contributed by atoms with Crippen LogP contribution in [0.3, 0.4) is 0 Å². The number of fused-ring (bicyclic) bond motifs is 1. The maximum Gasteiger partial charge on any atom is 0.227 e. The Hall–Kier alpha value is -3.11. The van der Waals surface area contributed by atoms with Gasteiger partial charge in [-0.05, 0) is 35.9 Å². The first-order valence-corrected chi connectivity index (χ1v) is 10.1. The standard InChI is InChI=1S/C24H20ClN3O/c25-20-11-5-4-8-17(20)15-28-22-13-7-6-12-21(22)26-24(28)18-14-23(29)27(16-18)19-9-2-1-3-10-19/h1-13,18H,14-16H2/t18-/m1/s1. The van der Waals surface area contributed by atoms with E-state index < -0.39 is 0 Å². The average Bonchev–Trinajstić information content (AvgIpc) is 3.31. The Morgan fingerprint density at radius 3 is 2.48 bits per heavy atom. The second-order valence-electron chi connectivity index (χ2n) is 7.38. The fourth-order valence-corrected chi connectivity index (χ4v) is 4.30. The third-order valence-electron chi connectivity index (χ3n) is 5.53. The van der Waals surface area contributed by atoms with Crippen LogP contribution in [-0.4, -0.2) is 22.0 Å². The summed E-state index contributed by atoms with van der Waals surface area (Å²) in [6.45, 7) is 1.26. The molecule has 1 amide bonds. The minimum atomic E-state index is 0.0394. The number of aromatic nitrogens is 2. The van der Waals surface area contributed by atoms with Crippen molar-refractivity contribution in [2.24, 2.45) is 0 Å². The first-order chi connectivity index (χ1) is 14.2. The Balaban J connectivity index is 1.55. The maximum atomic E-state index is 12.8. The summed E-state index contributed by atoms with van der Waals surface area (Å²) in [5.74, 6) is 1.12. The van der Waals surface area contributed by atoms with Crippen molar-refractivity contribution in [2.45, 2.75) is 18.9 Å². The molecule has 2 heterocycles. The lowest BCUT2D eigenvalue weighted by Crippen LogP contribution is -2.24.